The number of nitrogens with two attached hydrogens (primary N) is 1. The average Bonchev–Trinajstić information content (AvgIpc) is 2.40. The van der Waals surface area contributed by atoms with Gasteiger partial charge in [0.1, 0.15) is 0 Å². The Bertz CT molecular complexity index is 570. The zero-order valence-corrected chi connectivity index (χ0v) is 12.2. The smallest absolute Gasteiger partial charge is 0.0636 e. The second-order valence-corrected chi connectivity index (χ2v) is 5.30. The fourth-order valence-electron chi connectivity index (χ4n) is 1.89. The summed E-state index contributed by atoms with van der Waals surface area (Å²) >= 11 is 12.1. The molecule has 0 radical (unpaired) electrons. The minimum Gasteiger partial charge on any atom is -0.377 e. The van der Waals surface area contributed by atoms with Crippen molar-refractivity contribution < 1.29 is 0 Å². The van der Waals surface area contributed by atoms with Gasteiger partial charge in [-0.25, -0.2) is 0 Å². The van der Waals surface area contributed by atoms with Gasteiger partial charge >= 0.3 is 0 Å². The molecule has 0 bridgehead atoms. The molecule has 19 heavy (non-hydrogen) atoms. The van der Waals surface area contributed by atoms with E-state index >= 15 is 0 Å². The Hall–Kier alpha value is -1.22. The molecule has 2 aromatic rings. The van der Waals surface area contributed by atoms with E-state index in [-0.39, 0.29) is 6.04 Å². The van der Waals surface area contributed by atoms with E-state index in [1.54, 1.807) is 0 Å². The maximum absolute atomic E-state index is 6.12. The van der Waals surface area contributed by atoms with E-state index in [1.165, 1.54) is 0 Å². The monoisotopic (exact) mass is 294 g/mol. The molecule has 0 aromatic heterocycles. The number of nitrogens with one attached hydrogen (secondary N) is 1. The Morgan fingerprint density at radius 2 is 1.95 bits per heavy atom. The van der Waals surface area contributed by atoms with Gasteiger partial charge < -0.3 is 11.1 Å². The van der Waals surface area contributed by atoms with Gasteiger partial charge in [0.25, 0.3) is 0 Å². The first-order valence-electron chi connectivity index (χ1n) is 6.08. The van der Waals surface area contributed by atoms with Crippen molar-refractivity contribution in [2.75, 3.05) is 11.9 Å². The van der Waals surface area contributed by atoms with Gasteiger partial charge in [0, 0.05) is 22.3 Å². The van der Waals surface area contributed by atoms with Gasteiger partial charge in [-0.3, -0.25) is 0 Å². The summed E-state index contributed by atoms with van der Waals surface area (Å²) in [7, 11) is 0. The fraction of sp³-hybridized carbons (Fsp3) is 0.200. The Morgan fingerprint density at radius 3 is 2.58 bits per heavy atom. The number of aryl methyl sites for hydroxylation is 1. The second kappa shape index (κ2) is 6.29. The highest BCUT2D eigenvalue weighted by atomic mass is 35.5. The lowest BCUT2D eigenvalue weighted by atomic mass is 10.1. The van der Waals surface area contributed by atoms with Crippen LogP contribution in [-0.2, 0) is 0 Å². The molecular weight excluding hydrogens is 279 g/mol. The van der Waals surface area contributed by atoms with E-state index in [4.69, 9.17) is 28.9 Å². The van der Waals surface area contributed by atoms with Gasteiger partial charge in [-0.1, -0.05) is 41.4 Å². The molecule has 0 aliphatic rings. The molecule has 0 heterocycles. The average molecular weight is 295 g/mol. The maximum Gasteiger partial charge on any atom is 0.0636 e. The molecule has 0 spiro atoms. The lowest BCUT2D eigenvalue weighted by molar-refractivity contribution is 0.790. The first kappa shape index (κ1) is 14.2. The SMILES string of the molecule is Cc1ccc(NC(CN)c2cccc(Cl)c2)cc1Cl. The lowest BCUT2D eigenvalue weighted by Crippen LogP contribution is -2.20. The molecule has 2 nitrogen and oxygen atoms in total. The Balaban J connectivity index is 2.21. The summed E-state index contributed by atoms with van der Waals surface area (Å²) in [6, 6.07) is 13.6. The fourth-order valence-corrected chi connectivity index (χ4v) is 2.26. The van der Waals surface area contributed by atoms with Crippen LogP contribution in [0.25, 0.3) is 0 Å². The van der Waals surface area contributed by atoms with E-state index in [1.807, 2.05) is 49.4 Å². The molecule has 0 saturated carbocycles. The number of rotatable bonds is 4. The van der Waals surface area contributed by atoms with Crippen molar-refractivity contribution in [1.82, 2.24) is 0 Å². The summed E-state index contributed by atoms with van der Waals surface area (Å²) in [5, 5.41) is 4.82. The summed E-state index contributed by atoms with van der Waals surface area (Å²) in [4.78, 5) is 0. The van der Waals surface area contributed by atoms with E-state index in [2.05, 4.69) is 5.32 Å². The predicted octanol–water partition coefficient (Wildman–Crippen LogP) is 4.41. The minimum absolute atomic E-state index is 0.0115. The van der Waals surface area contributed by atoms with E-state index in [0.29, 0.717) is 11.6 Å². The molecule has 0 fully saturated rings. The van der Waals surface area contributed by atoms with Crippen LogP contribution in [-0.4, -0.2) is 6.54 Å². The van der Waals surface area contributed by atoms with Crippen molar-refractivity contribution in [3.63, 3.8) is 0 Å². The maximum atomic E-state index is 6.12. The van der Waals surface area contributed by atoms with E-state index < -0.39 is 0 Å². The number of halogens is 2. The van der Waals surface area contributed by atoms with Crippen LogP contribution in [0, 0.1) is 6.92 Å². The highest BCUT2D eigenvalue weighted by molar-refractivity contribution is 6.31. The van der Waals surface area contributed by atoms with Gasteiger partial charge in [0.15, 0.2) is 0 Å². The number of benzene rings is 2. The van der Waals surface area contributed by atoms with Crippen LogP contribution in [0.2, 0.25) is 10.0 Å². The van der Waals surface area contributed by atoms with Crippen LogP contribution in [0.3, 0.4) is 0 Å². The van der Waals surface area contributed by atoms with Gasteiger partial charge in [-0.2, -0.15) is 0 Å². The van der Waals surface area contributed by atoms with Crippen LogP contribution in [0.5, 0.6) is 0 Å². The quantitative estimate of drug-likeness (QED) is 0.876. The summed E-state index contributed by atoms with van der Waals surface area (Å²) in [5.74, 6) is 0. The normalized spacial score (nSPS) is 12.2. The molecule has 100 valence electrons. The molecule has 3 N–H and O–H groups in total. The van der Waals surface area contributed by atoms with Crippen LogP contribution >= 0.6 is 23.2 Å². The van der Waals surface area contributed by atoms with Crippen molar-refractivity contribution in [3.05, 3.63) is 63.6 Å². The summed E-state index contributed by atoms with van der Waals surface area (Å²) < 4.78 is 0. The van der Waals surface area contributed by atoms with E-state index in [0.717, 1.165) is 21.8 Å². The molecule has 2 rings (SSSR count). The summed E-state index contributed by atoms with van der Waals surface area (Å²) in [6.07, 6.45) is 0. The highest BCUT2D eigenvalue weighted by Crippen LogP contribution is 2.25. The third-order valence-corrected chi connectivity index (χ3v) is 3.64. The van der Waals surface area contributed by atoms with Crippen molar-refractivity contribution in [2.24, 2.45) is 5.73 Å². The molecular formula is C15H16Cl2N2. The standard InChI is InChI=1S/C15H16Cl2N2/c1-10-5-6-13(8-14(10)17)19-15(9-18)11-3-2-4-12(16)7-11/h2-8,15,19H,9,18H2,1H3. The number of hydrogen-bond acceptors (Lipinski definition) is 2. The van der Waals surface area contributed by atoms with Gasteiger partial charge in [-0.05, 0) is 42.3 Å². The van der Waals surface area contributed by atoms with Crippen LogP contribution < -0.4 is 11.1 Å². The van der Waals surface area contributed by atoms with Crippen molar-refractivity contribution in [2.45, 2.75) is 13.0 Å². The largest absolute Gasteiger partial charge is 0.377 e. The van der Waals surface area contributed by atoms with Crippen LogP contribution in [0.4, 0.5) is 5.69 Å². The predicted molar refractivity (Wildman–Crippen MR) is 83.1 cm³/mol. The van der Waals surface area contributed by atoms with Crippen molar-refractivity contribution >= 4 is 28.9 Å². The summed E-state index contributed by atoms with van der Waals surface area (Å²) in [5.41, 5.74) is 8.90. The van der Waals surface area contributed by atoms with Crippen molar-refractivity contribution in [1.29, 1.82) is 0 Å². The molecule has 0 aliphatic carbocycles. The highest BCUT2D eigenvalue weighted by Gasteiger charge is 2.10. The molecule has 1 unspecified atom stereocenters. The second-order valence-electron chi connectivity index (χ2n) is 4.45. The van der Waals surface area contributed by atoms with Gasteiger partial charge in [-0.15, -0.1) is 0 Å². The summed E-state index contributed by atoms with van der Waals surface area (Å²) in [6.45, 7) is 2.45. The van der Waals surface area contributed by atoms with E-state index in [9.17, 15) is 0 Å². The third kappa shape index (κ3) is 3.63. The van der Waals surface area contributed by atoms with Gasteiger partial charge in [0.05, 0.1) is 6.04 Å². The lowest BCUT2D eigenvalue weighted by Gasteiger charge is -2.19. The molecule has 2 aromatic carbocycles. The first-order chi connectivity index (χ1) is 9.10. The zero-order valence-electron chi connectivity index (χ0n) is 10.7. The minimum atomic E-state index is 0.0115. The molecule has 4 heteroatoms. The molecule has 0 aliphatic heterocycles. The zero-order chi connectivity index (χ0) is 13.8. The number of hydrogen-bond donors (Lipinski definition) is 2. The molecule has 0 saturated heterocycles. The Kier molecular flexibility index (Phi) is 4.70. The van der Waals surface area contributed by atoms with Gasteiger partial charge in [0.2, 0.25) is 0 Å². The van der Waals surface area contributed by atoms with Crippen LogP contribution in [0.1, 0.15) is 17.2 Å². The molecule has 0 amide bonds. The molecule has 1 atom stereocenters. The topological polar surface area (TPSA) is 38.0 Å². The third-order valence-electron chi connectivity index (χ3n) is 3.00. The van der Waals surface area contributed by atoms with Crippen molar-refractivity contribution in [3.8, 4) is 0 Å². The number of anilines is 1. The Morgan fingerprint density at radius 1 is 1.16 bits per heavy atom. The van der Waals surface area contributed by atoms with Crippen LogP contribution in [0.15, 0.2) is 42.5 Å². The first-order valence-corrected chi connectivity index (χ1v) is 6.84. The Labute approximate surface area is 123 Å².